The SMILES string of the molecule is CCCN(CC(=O)Nc1cc(Cl)ccc1Cl)C(=O)c1cccc(OCC(=O)OC)c1. The summed E-state index contributed by atoms with van der Waals surface area (Å²) in [5.74, 6) is -0.930. The Bertz CT molecular complexity index is 920. The molecule has 0 heterocycles. The molecule has 0 saturated heterocycles. The van der Waals surface area contributed by atoms with Gasteiger partial charge in [0.1, 0.15) is 12.3 Å². The largest absolute Gasteiger partial charge is 0.482 e. The van der Waals surface area contributed by atoms with Crippen LogP contribution in [0, 0.1) is 0 Å². The highest BCUT2D eigenvalue weighted by molar-refractivity contribution is 6.35. The molecule has 9 heteroatoms. The smallest absolute Gasteiger partial charge is 0.343 e. The fraction of sp³-hybridized carbons (Fsp3) is 0.286. The topological polar surface area (TPSA) is 84.9 Å². The molecule has 0 fully saturated rings. The third-order valence-corrected chi connectivity index (χ3v) is 4.55. The molecular formula is C21H22Cl2N2O5. The van der Waals surface area contributed by atoms with Gasteiger partial charge in [0.25, 0.3) is 5.91 Å². The van der Waals surface area contributed by atoms with E-state index in [4.69, 9.17) is 27.9 Å². The normalized spacial score (nSPS) is 10.3. The summed E-state index contributed by atoms with van der Waals surface area (Å²) in [6, 6.07) is 11.1. The van der Waals surface area contributed by atoms with Gasteiger partial charge in [0.05, 0.1) is 17.8 Å². The molecular weight excluding hydrogens is 431 g/mol. The summed E-state index contributed by atoms with van der Waals surface area (Å²) in [5, 5.41) is 3.45. The van der Waals surface area contributed by atoms with Gasteiger partial charge in [0.2, 0.25) is 5.91 Å². The fourth-order valence-corrected chi connectivity index (χ4v) is 2.92. The van der Waals surface area contributed by atoms with Crippen LogP contribution < -0.4 is 10.1 Å². The van der Waals surface area contributed by atoms with Gasteiger partial charge in [0.15, 0.2) is 6.61 Å². The molecule has 2 aromatic rings. The molecule has 0 aromatic heterocycles. The van der Waals surface area contributed by atoms with Crippen LogP contribution in [0.3, 0.4) is 0 Å². The molecule has 7 nitrogen and oxygen atoms in total. The Balaban J connectivity index is 2.09. The second-order valence-corrected chi connectivity index (χ2v) is 7.14. The van der Waals surface area contributed by atoms with Gasteiger partial charge in [-0.3, -0.25) is 9.59 Å². The van der Waals surface area contributed by atoms with Crippen LogP contribution in [0.1, 0.15) is 23.7 Å². The number of hydrogen-bond donors (Lipinski definition) is 1. The number of benzene rings is 2. The maximum absolute atomic E-state index is 12.9. The van der Waals surface area contributed by atoms with E-state index >= 15 is 0 Å². The molecule has 0 unspecified atom stereocenters. The molecule has 0 radical (unpaired) electrons. The maximum Gasteiger partial charge on any atom is 0.343 e. The van der Waals surface area contributed by atoms with Gasteiger partial charge in [-0.2, -0.15) is 0 Å². The molecule has 0 spiro atoms. The van der Waals surface area contributed by atoms with Crippen molar-refractivity contribution in [3.05, 3.63) is 58.1 Å². The highest BCUT2D eigenvalue weighted by Gasteiger charge is 2.19. The quantitative estimate of drug-likeness (QED) is 0.580. The van der Waals surface area contributed by atoms with E-state index < -0.39 is 11.9 Å². The molecule has 2 rings (SSSR count). The summed E-state index contributed by atoms with van der Waals surface area (Å²) in [6.45, 7) is 1.85. The van der Waals surface area contributed by atoms with E-state index in [-0.39, 0.29) is 19.1 Å². The first-order valence-corrected chi connectivity index (χ1v) is 9.93. The number of amides is 2. The molecule has 0 bridgehead atoms. The molecule has 1 N–H and O–H groups in total. The van der Waals surface area contributed by atoms with Crippen molar-refractivity contribution in [3.63, 3.8) is 0 Å². The van der Waals surface area contributed by atoms with E-state index in [0.29, 0.717) is 40.0 Å². The lowest BCUT2D eigenvalue weighted by molar-refractivity contribution is -0.142. The molecule has 0 aliphatic rings. The number of esters is 1. The summed E-state index contributed by atoms with van der Waals surface area (Å²) in [5.41, 5.74) is 0.704. The third-order valence-electron chi connectivity index (χ3n) is 3.98. The van der Waals surface area contributed by atoms with Crippen molar-refractivity contribution in [2.24, 2.45) is 0 Å². The third kappa shape index (κ3) is 6.93. The predicted octanol–water partition coefficient (Wildman–Crippen LogP) is 4.04. The Morgan fingerprint density at radius 3 is 2.57 bits per heavy atom. The standard InChI is InChI=1S/C21H22Cl2N2O5/c1-3-9-25(12-19(26)24-18-11-15(22)7-8-17(18)23)21(28)14-5-4-6-16(10-14)30-13-20(27)29-2/h4-8,10-11H,3,9,12-13H2,1-2H3,(H,24,26). The Labute approximate surface area is 184 Å². The average Bonchev–Trinajstić information content (AvgIpc) is 2.74. The van der Waals surface area contributed by atoms with E-state index in [1.165, 1.54) is 24.1 Å². The van der Waals surface area contributed by atoms with E-state index in [0.717, 1.165) is 0 Å². The minimum atomic E-state index is -0.532. The molecule has 2 amide bonds. The number of carbonyl (C=O) groups excluding carboxylic acids is 3. The van der Waals surface area contributed by atoms with Crippen LogP contribution in [0.4, 0.5) is 5.69 Å². The summed E-state index contributed by atoms with van der Waals surface area (Å²) >= 11 is 12.0. The first-order chi connectivity index (χ1) is 14.3. The van der Waals surface area contributed by atoms with Crippen molar-refractivity contribution in [3.8, 4) is 5.75 Å². The lowest BCUT2D eigenvalue weighted by Gasteiger charge is -2.22. The number of anilines is 1. The van der Waals surface area contributed by atoms with E-state index in [1.807, 2.05) is 6.92 Å². The lowest BCUT2D eigenvalue weighted by Crippen LogP contribution is -2.38. The van der Waals surface area contributed by atoms with E-state index in [9.17, 15) is 14.4 Å². The number of carbonyl (C=O) groups is 3. The van der Waals surface area contributed by atoms with Crippen LogP contribution in [0.15, 0.2) is 42.5 Å². The van der Waals surface area contributed by atoms with Crippen LogP contribution in [0.25, 0.3) is 0 Å². The molecule has 0 aliphatic carbocycles. The fourth-order valence-electron chi connectivity index (χ4n) is 2.58. The second-order valence-electron chi connectivity index (χ2n) is 6.29. The van der Waals surface area contributed by atoms with Crippen LogP contribution in [0.5, 0.6) is 5.75 Å². The number of nitrogens with zero attached hydrogens (tertiary/aromatic N) is 1. The Hall–Kier alpha value is -2.77. The summed E-state index contributed by atoms with van der Waals surface area (Å²) < 4.78 is 9.85. The number of nitrogens with one attached hydrogen (secondary N) is 1. The average molecular weight is 453 g/mol. The number of rotatable bonds is 9. The van der Waals surface area contributed by atoms with Gasteiger partial charge >= 0.3 is 5.97 Å². The van der Waals surface area contributed by atoms with Crippen molar-refractivity contribution in [2.75, 3.05) is 32.1 Å². The lowest BCUT2D eigenvalue weighted by atomic mass is 10.1. The van der Waals surface area contributed by atoms with Crippen molar-refractivity contribution in [1.82, 2.24) is 4.90 Å². The summed E-state index contributed by atoms with van der Waals surface area (Å²) in [6.07, 6.45) is 0.662. The van der Waals surface area contributed by atoms with Gasteiger partial charge in [-0.05, 0) is 42.8 Å². The van der Waals surface area contributed by atoms with Gasteiger partial charge in [0, 0.05) is 17.1 Å². The van der Waals surface area contributed by atoms with Crippen LogP contribution in [0.2, 0.25) is 10.0 Å². The summed E-state index contributed by atoms with van der Waals surface area (Å²) in [4.78, 5) is 38.1. The molecule has 0 aliphatic heterocycles. The van der Waals surface area contributed by atoms with Gasteiger partial charge in [-0.25, -0.2) is 4.79 Å². The van der Waals surface area contributed by atoms with Crippen molar-refractivity contribution in [2.45, 2.75) is 13.3 Å². The van der Waals surface area contributed by atoms with Crippen LogP contribution >= 0.6 is 23.2 Å². The van der Waals surface area contributed by atoms with Crippen LogP contribution in [-0.4, -0.2) is 49.5 Å². The Kier molecular flexibility index (Phi) is 8.95. The van der Waals surface area contributed by atoms with Gasteiger partial charge in [-0.1, -0.05) is 36.2 Å². The zero-order valence-corrected chi connectivity index (χ0v) is 18.1. The van der Waals surface area contributed by atoms with Gasteiger partial charge in [-0.15, -0.1) is 0 Å². The minimum absolute atomic E-state index is 0.164. The molecule has 30 heavy (non-hydrogen) atoms. The highest BCUT2D eigenvalue weighted by atomic mass is 35.5. The minimum Gasteiger partial charge on any atom is -0.482 e. The number of methoxy groups -OCH3 is 1. The zero-order chi connectivity index (χ0) is 22.1. The number of hydrogen-bond acceptors (Lipinski definition) is 5. The monoisotopic (exact) mass is 452 g/mol. The number of halogens is 2. The molecule has 0 saturated carbocycles. The highest BCUT2D eigenvalue weighted by Crippen LogP contribution is 2.25. The second kappa shape index (κ2) is 11.4. The zero-order valence-electron chi connectivity index (χ0n) is 16.6. The molecule has 160 valence electrons. The van der Waals surface area contributed by atoms with E-state index in [2.05, 4.69) is 10.1 Å². The predicted molar refractivity (Wildman–Crippen MR) is 115 cm³/mol. The Morgan fingerprint density at radius 1 is 1.10 bits per heavy atom. The summed E-state index contributed by atoms with van der Waals surface area (Å²) in [7, 11) is 1.26. The first kappa shape index (κ1) is 23.5. The van der Waals surface area contributed by atoms with Crippen molar-refractivity contribution in [1.29, 1.82) is 0 Å². The molecule has 0 atom stereocenters. The van der Waals surface area contributed by atoms with E-state index in [1.54, 1.807) is 30.3 Å². The Morgan fingerprint density at radius 2 is 1.87 bits per heavy atom. The van der Waals surface area contributed by atoms with Crippen LogP contribution in [-0.2, 0) is 14.3 Å². The maximum atomic E-state index is 12.9. The number of ether oxygens (including phenoxy) is 2. The van der Waals surface area contributed by atoms with Crippen molar-refractivity contribution >= 4 is 46.7 Å². The first-order valence-electron chi connectivity index (χ1n) is 9.18. The van der Waals surface area contributed by atoms with Crippen molar-refractivity contribution < 1.29 is 23.9 Å². The van der Waals surface area contributed by atoms with Gasteiger partial charge < -0.3 is 19.7 Å². The molecule has 2 aromatic carbocycles.